The zero-order valence-electron chi connectivity index (χ0n) is 16.9. The van der Waals surface area contributed by atoms with Crippen LogP contribution in [0, 0.1) is 12.7 Å². The van der Waals surface area contributed by atoms with Gasteiger partial charge in [-0.1, -0.05) is 29.8 Å². The maximum atomic E-state index is 13.4. The quantitative estimate of drug-likeness (QED) is 0.476. The van der Waals surface area contributed by atoms with Crippen molar-refractivity contribution in [2.24, 2.45) is 0 Å². The summed E-state index contributed by atoms with van der Waals surface area (Å²) in [6.07, 6.45) is 0.591. The highest BCUT2D eigenvalue weighted by atomic mass is 32.2. The molecule has 1 heterocycles. The second kappa shape index (κ2) is 8.49. The second-order valence-corrected chi connectivity index (χ2v) is 9.23. The number of benzene rings is 3. The fourth-order valence-electron chi connectivity index (χ4n) is 3.42. The average molecular weight is 440 g/mol. The highest BCUT2D eigenvalue weighted by Crippen LogP contribution is 2.25. The van der Waals surface area contributed by atoms with Crippen LogP contribution in [0.5, 0.6) is 0 Å². The summed E-state index contributed by atoms with van der Waals surface area (Å²) in [6.45, 7) is 1.82. The van der Waals surface area contributed by atoms with Gasteiger partial charge in [0, 0.05) is 0 Å². The lowest BCUT2D eigenvalue weighted by Gasteiger charge is -2.27. The molecule has 0 fully saturated rings. The van der Waals surface area contributed by atoms with Crippen molar-refractivity contribution in [2.75, 3.05) is 10.8 Å². The zero-order chi connectivity index (χ0) is 22.0. The zero-order valence-corrected chi connectivity index (χ0v) is 17.7. The third-order valence-corrected chi connectivity index (χ3v) is 6.84. The van der Waals surface area contributed by atoms with Crippen LogP contribution in [0.4, 0.5) is 10.1 Å². The molecule has 6 nitrogen and oxygen atoms in total. The van der Waals surface area contributed by atoms with Gasteiger partial charge in [0.1, 0.15) is 5.82 Å². The van der Waals surface area contributed by atoms with Gasteiger partial charge in [-0.3, -0.25) is 4.31 Å². The Bertz CT molecular complexity index is 1290. The summed E-state index contributed by atoms with van der Waals surface area (Å²) in [5.41, 5.74) is 2.84. The number of aliphatic hydroxyl groups excluding tert-OH is 1. The number of hydrogen-bond acceptors (Lipinski definition) is 4. The highest BCUT2D eigenvalue weighted by molar-refractivity contribution is 7.92. The van der Waals surface area contributed by atoms with E-state index in [1.54, 1.807) is 23.0 Å². The van der Waals surface area contributed by atoms with E-state index < -0.39 is 21.9 Å². The maximum Gasteiger partial charge on any atom is 0.264 e. The third kappa shape index (κ3) is 4.45. The van der Waals surface area contributed by atoms with Crippen molar-refractivity contribution >= 4 is 26.7 Å². The standard InChI is InChI=1S/C23H22FN3O3S/c1-17-6-12-21(13-7-17)31(29,30)27(19-10-8-18(24)9-11-19)15-20(28)14-26-16-25-22-4-2-3-5-23(22)26/h2-13,16,20,28H,14-15H2,1H3/t20-/m0/s1. The van der Waals surface area contributed by atoms with Crippen LogP contribution in [-0.2, 0) is 16.6 Å². The van der Waals surface area contributed by atoms with Gasteiger partial charge in [0.05, 0.1) is 47.1 Å². The van der Waals surface area contributed by atoms with Crippen molar-refractivity contribution in [3.8, 4) is 0 Å². The van der Waals surface area contributed by atoms with E-state index >= 15 is 0 Å². The van der Waals surface area contributed by atoms with Gasteiger partial charge < -0.3 is 9.67 Å². The second-order valence-electron chi connectivity index (χ2n) is 7.37. The molecule has 1 atom stereocenters. The Labute approximate surface area is 180 Å². The summed E-state index contributed by atoms with van der Waals surface area (Å²) in [5, 5.41) is 10.8. The van der Waals surface area contributed by atoms with E-state index in [0.717, 1.165) is 20.9 Å². The van der Waals surface area contributed by atoms with E-state index in [2.05, 4.69) is 4.98 Å². The summed E-state index contributed by atoms with van der Waals surface area (Å²) in [7, 11) is -3.97. The lowest BCUT2D eigenvalue weighted by Crippen LogP contribution is -2.39. The van der Waals surface area contributed by atoms with Crippen LogP contribution in [0.1, 0.15) is 5.56 Å². The SMILES string of the molecule is Cc1ccc(S(=O)(=O)N(C[C@@H](O)Cn2cnc3ccccc32)c2ccc(F)cc2)cc1. The Morgan fingerprint density at radius 1 is 1.03 bits per heavy atom. The van der Waals surface area contributed by atoms with Crippen LogP contribution in [0.25, 0.3) is 11.0 Å². The number of sulfonamides is 1. The van der Waals surface area contributed by atoms with Gasteiger partial charge in [-0.2, -0.15) is 0 Å². The summed E-state index contributed by atoms with van der Waals surface area (Å²) in [4.78, 5) is 4.40. The highest BCUT2D eigenvalue weighted by Gasteiger charge is 2.27. The van der Waals surface area contributed by atoms with E-state index in [0.29, 0.717) is 0 Å². The molecule has 0 unspecified atom stereocenters. The molecule has 4 rings (SSSR count). The van der Waals surface area contributed by atoms with Crippen molar-refractivity contribution in [2.45, 2.75) is 24.5 Å². The molecule has 0 aliphatic carbocycles. The van der Waals surface area contributed by atoms with Crippen molar-refractivity contribution in [1.82, 2.24) is 9.55 Å². The predicted octanol–water partition coefficient (Wildman–Crippen LogP) is 3.74. The molecule has 0 aliphatic heterocycles. The number of aryl methyl sites for hydroxylation is 1. The van der Waals surface area contributed by atoms with Crippen molar-refractivity contribution in [3.63, 3.8) is 0 Å². The van der Waals surface area contributed by atoms with E-state index in [-0.39, 0.29) is 23.7 Å². The van der Waals surface area contributed by atoms with E-state index in [1.165, 1.54) is 36.4 Å². The number of rotatable bonds is 7. The van der Waals surface area contributed by atoms with Crippen molar-refractivity contribution < 1.29 is 17.9 Å². The van der Waals surface area contributed by atoms with Crippen LogP contribution in [-0.4, -0.2) is 35.7 Å². The first-order chi connectivity index (χ1) is 14.8. The van der Waals surface area contributed by atoms with Crippen LogP contribution < -0.4 is 4.31 Å². The number of imidazole rings is 1. The molecule has 0 radical (unpaired) electrons. The van der Waals surface area contributed by atoms with E-state index in [9.17, 15) is 17.9 Å². The van der Waals surface area contributed by atoms with Crippen molar-refractivity contribution in [1.29, 1.82) is 0 Å². The molecule has 3 aromatic carbocycles. The number of anilines is 1. The number of halogens is 1. The van der Waals surface area contributed by atoms with Gasteiger partial charge >= 0.3 is 0 Å². The fourth-order valence-corrected chi connectivity index (χ4v) is 4.92. The smallest absolute Gasteiger partial charge is 0.264 e. The summed E-state index contributed by atoms with van der Waals surface area (Å²) < 4.78 is 43.1. The molecule has 0 saturated carbocycles. The van der Waals surface area contributed by atoms with E-state index in [4.69, 9.17) is 0 Å². The molecule has 0 amide bonds. The molecule has 160 valence electrons. The Balaban J connectivity index is 1.65. The fraction of sp³-hybridized carbons (Fsp3) is 0.174. The minimum absolute atomic E-state index is 0.0997. The largest absolute Gasteiger partial charge is 0.389 e. The van der Waals surface area contributed by atoms with Gasteiger partial charge in [0.15, 0.2) is 0 Å². The number of para-hydroxylation sites is 2. The molecule has 0 bridgehead atoms. The number of hydrogen-bond donors (Lipinski definition) is 1. The Kier molecular flexibility index (Phi) is 5.75. The van der Waals surface area contributed by atoms with Crippen LogP contribution in [0.2, 0.25) is 0 Å². The number of nitrogens with zero attached hydrogens (tertiary/aromatic N) is 3. The molecule has 0 aliphatic rings. The average Bonchev–Trinajstić information content (AvgIpc) is 3.16. The first kappa shape index (κ1) is 21.0. The molecule has 1 aromatic heterocycles. The minimum Gasteiger partial charge on any atom is -0.389 e. The summed E-state index contributed by atoms with van der Waals surface area (Å²) in [5.74, 6) is -0.470. The molecule has 31 heavy (non-hydrogen) atoms. The topological polar surface area (TPSA) is 75.4 Å². The van der Waals surface area contributed by atoms with Gasteiger partial charge in [-0.25, -0.2) is 17.8 Å². The summed E-state index contributed by atoms with van der Waals surface area (Å²) >= 11 is 0. The molecule has 4 aromatic rings. The lowest BCUT2D eigenvalue weighted by molar-refractivity contribution is 0.164. The number of aliphatic hydroxyl groups is 1. The number of aromatic nitrogens is 2. The lowest BCUT2D eigenvalue weighted by atomic mass is 10.2. The monoisotopic (exact) mass is 439 g/mol. The molecular formula is C23H22FN3O3S. The van der Waals surface area contributed by atoms with Crippen LogP contribution in [0.15, 0.2) is 84.0 Å². The summed E-state index contributed by atoms with van der Waals surface area (Å²) in [6, 6.07) is 19.1. The Morgan fingerprint density at radius 3 is 2.42 bits per heavy atom. The van der Waals surface area contributed by atoms with Gasteiger partial charge in [0.2, 0.25) is 0 Å². The van der Waals surface area contributed by atoms with Crippen molar-refractivity contribution in [3.05, 3.63) is 90.5 Å². The maximum absolute atomic E-state index is 13.4. The van der Waals surface area contributed by atoms with Gasteiger partial charge in [0.25, 0.3) is 10.0 Å². The van der Waals surface area contributed by atoms with Crippen LogP contribution in [0.3, 0.4) is 0 Å². The molecule has 0 saturated heterocycles. The normalized spacial score (nSPS) is 12.7. The predicted molar refractivity (Wildman–Crippen MR) is 118 cm³/mol. The third-order valence-electron chi connectivity index (χ3n) is 5.03. The first-order valence-electron chi connectivity index (χ1n) is 9.77. The van der Waals surface area contributed by atoms with Gasteiger partial charge in [-0.15, -0.1) is 0 Å². The van der Waals surface area contributed by atoms with Gasteiger partial charge in [-0.05, 0) is 55.5 Å². The van der Waals surface area contributed by atoms with E-state index in [1.807, 2.05) is 31.2 Å². The van der Waals surface area contributed by atoms with Crippen LogP contribution >= 0.6 is 0 Å². The molecule has 8 heteroatoms. The Hall–Kier alpha value is -3.23. The molecular weight excluding hydrogens is 417 g/mol. The Morgan fingerprint density at radius 2 is 1.71 bits per heavy atom. The number of fused-ring (bicyclic) bond motifs is 1. The first-order valence-corrected chi connectivity index (χ1v) is 11.2. The minimum atomic E-state index is -3.97. The molecule has 1 N–H and O–H groups in total. The molecule has 0 spiro atoms.